The summed E-state index contributed by atoms with van der Waals surface area (Å²) in [5.74, 6) is 1.22. The van der Waals surface area contributed by atoms with Crippen LogP contribution < -0.4 is 16.2 Å². The number of nitrogens with zero attached hydrogens (tertiary/aromatic N) is 3. The summed E-state index contributed by atoms with van der Waals surface area (Å²) in [5, 5.41) is 9.82. The van der Waals surface area contributed by atoms with Gasteiger partial charge in [-0.15, -0.1) is 11.3 Å². The Balaban J connectivity index is 1.58. The second-order valence-electron chi connectivity index (χ2n) is 7.35. The van der Waals surface area contributed by atoms with Crippen molar-refractivity contribution >= 4 is 17.3 Å². The van der Waals surface area contributed by atoms with Crippen LogP contribution in [0.3, 0.4) is 0 Å². The molecule has 0 fully saturated rings. The molecule has 0 saturated carbocycles. The van der Waals surface area contributed by atoms with Crippen LogP contribution in [0.5, 0.6) is 0 Å². The number of aromatic nitrogens is 2. The summed E-state index contributed by atoms with van der Waals surface area (Å²) in [4.78, 5) is 21.2. The van der Waals surface area contributed by atoms with Crippen LogP contribution in [0.25, 0.3) is 0 Å². The van der Waals surface area contributed by atoms with Crippen LogP contribution in [0.1, 0.15) is 48.5 Å². The molecule has 0 aliphatic rings. The highest BCUT2D eigenvalue weighted by Crippen LogP contribution is 2.17. The maximum atomic E-state index is 11.9. The zero-order valence-electron chi connectivity index (χ0n) is 17.8. The van der Waals surface area contributed by atoms with Crippen molar-refractivity contribution in [2.45, 2.75) is 46.3 Å². The van der Waals surface area contributed by atoms with Crippen molar-refractivity contribution in [3.8, 4) is 0 Å². The Bertz CT molecular complexity index is 1020. The molecule has 0 spiro atoms. The van der Waals surface area contributed by atoms with Crippen LogP contribution in [0, 0.1) is 0 Å². The molecule has 1 aromatic carbocycles. The highest BCUT2D eigenvalue weighted by molar-refractivity contribution is 7.09. The van der Waals surface area contributed by atoms with Crippen molar-refractivity contribution in [3.05, 3.63) is 86.2 Å². The molecule has 2 N–H and O–H groups in total. The van der Waals surface area contributed by atoms with Gasteiger partial charge in [-0.25, -0.2) is 9.98 Å². The number of nitrogens with one attached hydrogen (secondary N) is 2. The van der Waals surface area contributed by atoms with Crippen molar-refractivity contribution in [1.82, 2.24) is 20.2 Å². The first kappa shape index (κ1) is 21.8. The Kier molecular flexibility index (Phi) is 7.79. The van der Waals surface area contributed by atoms with Crippen molar-refractivity contribution in [1.29, 1.82) is 0 Å². The summed E-state index contributed by atoms with van der Waals surface area (Å²) in [6, 6.07) is 13.4. The quantitative estimate of drug-likeness (QED) is 0.428. The fourth-order valence-corrected chi connectivity index (χ4v) is 3.78. The van der Waals surface area contributed by atoms with E-state index in [1.807, 2.05) is 24.4 Å². The van der Waals surface area contributed by atoms with Crippen molar-refractivity contribution in [3.63, 3.8) is 0 Å². The lowest BCUT2D eigenvalue weighted by Gasteiger charge is -2.10. The van der Waals surface area contributed by atoms with E-state index in [1.54, 1.807) is 28.0 Å². The van der Waals surface area contributed by atoms with Gasteiger partial charge in [0, 0.05) is 24.2 Å². The topological polar surface area (TPSA) is 71.3 Å². The first-order valence-corrected chi connectivity index (χ1v) is 11.1. The predicted octanol–water partition coefficient (Wildman–Crippen LogP) is 3.73. The third kappa shape index (κ3) is 6.29. The highest BCUT2D eigenvalue weighted by atomic mass is 32.1. The minimum absolute atomic E-state index is 0.00766. The Morgan fingerprint density at radius 1 is 1.13 bits per heavy atom. The second-order valence-corrected chi connectivity index (χ2v) is 8.30. The Hall–Kier alpha value is -2.93. The van der Waals surface area contributed by atoms with Gasteiger partial charge in [-0.05, 0) is 30.0 Å². The molecule has 0 bridgehead atoms. The van der Waals surface area contributed by atoms with E-state index in [-0.39, 0.29) is 5.56 Å². The molecule has 0 aliphatic heterocycles. The van der Waals surface area contributed by atoms with Crippen LogP contribution in [0.4, 0.5) is 0 Å². The maximum Gasteiger partial charge on any atom is 0.250 e. The van der Waals surface area contributed by atoms with Gasteiger partial charge >= 0.3 is 0 Å². The van der Waals surface area contributed by atoms with Gasteiger partial charge < -0.3 is 15.2 Å². The van der Waals surface area contributed by atoms with Crippen molar-refractivity contribution < 1.29 is 0 Å². The molecule has 7 heteroatoms. The fraction of sp³-hybridized carbons (Fsp3) is 0.348. The smallest absolute Gasteiger partial charge is 0.250 e. The van der Waals surface area contributed by atoms with Gasteiger partial charge in [0.15, 0.2) is 5.96 Å². The van der Waals surface area contributed by atoms with E-state index in [1.165, 1.54) is 0 Å². The molecule has 0 aliphatic carbocycles. The summed E-state index contributed by atoms with van der Waals surface area (Å²) in [6.45, 7) is 8.97. The molecule has 2 heterocycles. The molecule has 0 atom stereocenters. The average molecular weight is 424 g/mol. The van der Waals surface area contributed by atoms with Crippen LogP contribution >= 0.6 is 11.3 Å². The highest BCUT2D eigenvalue weighted by Gasteiger charge is 2.06. The van der Waals surface area contributed by atoms with Gasteiger partial charge in [-0.1, -0.05) is 44.2 Å². The van der Waals surface area contributed by atoms with E-state index in [0.717, 1.165) is 34.3 Å². The van der Waals surface area contributed by atoms with Crippen LogP contribution in [0.15, 0.2) is 63.8 Å². The largest absolute Gasteiger partial charge is 0.357 e. The monoisotopic (exact) mass is 423 g/mol. The lowest BCUT2D eigenvalue weighted by atomic mass is 10.1. The second kappa shape index (κ2) is 10.7. The van der Waals surface area contributed by atoms with Gasteiger partial charge in [0.1, 0.15) is 5.01 Å². The number of rotatable bonds is 8. The zero-order valence-corrected chi connectivity index (χ0v) is 18.6. The molecular formula is C23H29N5OS. The summed E-state index contributed by atoms with van der Waals surface area (Å²) in [5.41, 5.74) is 3.35. The molecule has 0 amide bonds. The summed E-state index contributed by atoms with van der Waals surface area (Å²) in [6.07, 6.45) is 1.81. The zero-order chi connectivity index (χ0) is 21.3. The van der Waals surface area contributed by atoms with Crippen molar-refractivity contribution in [2.75, 3.05) is 6.54 Å². The van der Waals surface area contributed by atoms with E-state index in [4.69, 9.17) is 0 Å². The van der Waals surface area contributed by atoms with Gasteiger partial charge in [0.2, 0.25) is 0 Å². The molecular weight excluding hydrogens is 394 g/mol. The third-order valence-corrected chi connectivity index (χ3v) is 5.47. The molecule has 3 aromatic rings. The Morgan fingerprint density at radius 2 is 1.90 bits per heavy atom. The lowest BCUT2D eigenvalue weighted by molar-refractivity contribution is 0.759. The molecule has 2 aromatic heterocycles. The minimum Gasteiger partial charge on any atom is -0.357 e. The molecule has 6 nitrogen and oxygen atoms in total. The number of pyridine rings is 1. The summed E-state index contributed by atoms with van der Waals surface area (Å²) in [7, 11) is 0. The number of aliphatic imine (C=N–C) groups is 1. The van der Waals surface area contributed by atoms with Crippen molar-refractivity contribution in [2.24, 2.45) is 4.99 Å². The summed E-state index contributed by atoms with van der Waals surface area (Å²) < 4.78 is 1.70. The first-order chi connectivity index (χ1) is 14.5. The standard InChI is InChI=1S/C23H29N5OS/c1-4-24-23(26-14-21-27-20(16-30-21)17(2)3)25-13-18-8-10-19(11-9-18)15-28-12-6-5-7-22(28)29/h5-12,16-17H,4,13-15H2,1-3H3,(H2,24,25,26). The van der Waals surface area contributed by atoms with E-state index in [2.05, 4.69) is 58.9 Å². The average Bonchev–Trinajstić information content (AvgIpc) is 3.22. The van der Waals surface area contributed by atoms with E-state index >= 15 is 0 Å². The Morgan fingerprint density at radius 3 is 2.57 bits per heavy atom. The fourth-order valence-electron chi connectivity index (χ4n) is 2.88. The van der Waals surface area contributed by atoms with E-state index in [9.17, 15) is 4.79 Å². The summed E-state index contributed by atoms with van der Waals surface area (Å²) >= 11 is 1.68. The van der Waals surface area contributed by atoms with E-state index < -0.39 is 0 Å². The maximum absolute atomic E-state index is 11.9. The van der Waals surface area contributed by atoms with Crippen LogP contribution in [-0.4, -0.2) is 22.1 Å². The molecule has 0 saturated heterocycles. The molecule has 0 unspecified atom stereocenters. The molecule has 30 heavy (non-hydrogen) atoms. The SMILES string of the molecule is CCNC(=NCc1ccc(Cn2ccccc2=O)cc1)NCc1nc(C(C)C)cs1. The van der Waals surface area contributed by atoms with Crippen LogP contribution in [-0.2, 0) is 19.6 Å². The minimum atomic E-state index is 0.00766. The first-order valence-electron chi connectivity index (χ1n) is 10.2. The lowest BCUT2D eigenvalue weighted by Crippen LogP contribution is -2.36. The Labute approximate surface area is 181 Å². The van der Waals surface area contributed by atoms with Crippen LogP contribution in [0.2, 0.25) is 0 Å². The normalized spacial score (nSPS) is 11.7. The van der Waals surface area contributed by atoms with Gasteiger partial charge in [-0.3, -0.25) is 4.79 Å². The number of hydrogen-bond donors (Lipinski definition) is 2. The molecule has 3 rings (SSSR count). The molecule has 0 radical (unpaired) electrons. The predicted molar refractivity (Wildman–Crippen MR) is 124 cm³/mol. The number of benzene rings is 1. The number of thiazole rings is 1. The molecule has 158 valence electrons. The van der Waals surface area contributed by atoms with Gasteiger partial charge in [-0.2, -0.15) is 0 Å². The van der Waals surface area contributed by atoms with Gasteiger partial charge in [0.25, 0.3) is 5.56 Å². The number of guanidine groups is 1. The number of hydrogen-bond acceptors (Lipinski definition) is 4. The van der Waals surface area contributed by atoms with E-state index in [0.29, 0.717) is 25.6 Å². The van der Waals surface area contributed by atoms with Gasteiger partial charge in [0.05, 0.1) is 25.3 Å². The third-order valence-electron chi connectivity index (χ3n) is 4.61.